The highest BCUT2D eigenvalue weighted by molar-refractivity contribution is 7.98. The molecule has 8 heteroatoms. The molecule has 0 aliphatic heterocycles. The van der Waals surface area contributed by atoms with Crippen LogP contribution in [0.5, 0.6) is 5.75 Å². The Kier molecular flexibility index (Phi) is 6.18. The molecule has 0 saturated carbocycles. The molecule has 0 amide bonds. The minimum Gasteiger partial charge on any atom is -0.496 e. The first-order valence-corrected chi connectivity index (χ1v) is 11.3. The van der Waals surface area contributed by atoms with Gasteiger partial charge in [-0.25, -0.2) is 4.98 Å². The van der Waals surface area contributed by atoms with E-state index in [9.17, 15) is 0 Å². The van der Waals surface area contributed by atoms with Crippen LogP contribution in [0.2, 0.25) is 5.02 Å². The summed E-state index contributed by atoms with van der Waals surface area (Å²) in [4.78, 5) is 4.75. The second kappa shape index (κ2) is 8.98. The molecule has 0 atom stereocenters. The quantitative estimate of drug-likeness (QED) is 0.326. The first-order chi connectivity index (χ1) is 14.2. The van der Waals surface area contributed by atoms with Crippen molar-refractivity contribution in [3.63, 3.8) is 0 Å². The van der Waals surface area contributed by atoms with Crippen LogP contribution < -0.4 is 4.74 Å². The molecule has 0 radical (unpaired) electrons. The number of rotatable bonds is 7. The molecule has 0 saturated heterocycles. The monoisotopic (exact) mass is 442 g/mol. The average molecular weight is 443 g/mol. The number of hydrogen-bond donors (Lipinski definition) is 0. The lowest BCUT2D eigenvalue weighted by molar-refractivity contribution is 0.416. The summed E-state index contributed by atoms with van der Waals surface area (Å²) in [6, 6.07) is 15.6. The third-order valence-electron chi connectivity index (χ3n) is 4.37. The summed E-state index contributed by atoms with van der Waals surface area (Å²) in [5, 5.41) is 13.5. The Labute approximate surface area is 182 Å². The minimum absolute atomic E-state index is 0.728. The third-order valence-corrected chi connectivity index (χ3v) is 6.57. The lowest BCUT2D eigenvalue weighted by Gasteiger charge is -2.10. The van der Waals surface area contributed by atoms with E-state index in [2.05, 4.69) is 27.1 Å². The molecule has 0 bridgehead atoms. The number of ether oxygens (including phenoxy) is 1. The molecule has 0 aliphatic carbocycles. The van der Waals surface area contributed by atoms with Gasteiger partial charge in [-0.3, -0.25) is 0 Å². The Hall–Kier alpha value is -2.35. The van der Waals surface area contributed by atoms with Crippen LogP contribution in [0.4, 0.5) is 0 Å². The number of hydrogen-bond acceptors (Lipinski definition) is 6. The van der Waals surface area contributed by atoms with Gasteiger partial charge in [-0.2, -0.15) is 0 Å². The zero-order valence-electron chi connectivity index (χ0n) is 16.0. The number of para-hydroxylation sites is 1. The first kappa shape index (κ1) is 19.9. The zero-order valence-corrected chi connectivity index (χ0v) is 18.4. The van der Waals surface area contributed by atoms with Gasteiger partial charge >= 0.3 is 0 Å². The first-order valence-electron chi connectivity index (χ1n) is 9.09. The van der Waals surface area contributed by atoms with Crippen molar-refractivity contribution in [3.05, 3.63) is 64.6 Å². The summed E-state index contributed by atoms with van der Waals surface area (Å²) in [5.74, 6) is 2.33. The molecule has 29 heavy (non-hydrogen) atoms. The van der Waals surface area contributed by atoms with Crippen molar-refractivity contribution in [2.24, 2.45) is 0 Å². The van der Waals surface area contributed by atoms with Crippen LogP contribution in [0.1, 0.15) is 12.6 Å². The normalized spacial score (nSPS) is 11.0. The molecule has 0 fully saturated rings. The summed E-state index contributed by atoms with van der Waals surface area (Å²) >= 11 is 9.24. The van der Waals surface area contributed by atoms with E-state index in [0.29, 0.717) is 0 Å². The molecular formula is C21H19ClN4OS2. The number of nitrogens with zero attached hydrogens (tertiary/aromatic N) is 4. The summed E-state index contributed by atoms with van der Waals surface area (Å²) in [6.45, 7) is 2.86. The topological polar surface area (TPSA) is 52.8 Å². The van der Waals surface area contributed by atoms with E-state index in [1.165, 1.54) is 0 Å². The van der Waals surface area contributed by atoms with Gasteiger partial charge in [-0.1, -0.05) is 47.6 Å². The molecule has 2 aromatic carbocycles. The van der Waals surface area contributed by atoms with Gasteiger partial charge in [0.1, 0.15) is 10.8 Å². The minimum atomic E-state index is 0.728. The standard InChI is InChI=1S/C21H19ClN4OS2/c1-3-26-19(17-6-4-5-7-18(17)27-2)24-25-21(26)29-13-16-12-28-20(23-16)14-8-10-15(22)11-9-14/h4-12H,3,13H2,1-2H3. The van der Waals surface area contributed by atoms with Gasteiger partial charge in [0, 0.05) is 28.3 Å². The average Bonchev–Trinajstić information content (AvgIpc) is 3.39. The van der Waals surface area contributed by atoms with Gasteiger partial charge in [-0.05, 0) is 31.2 Å². The van der Waals surface area contributed by atoms with E-state index >= 15 is 0 Å². The Morgan fingerprint density at radius 2 is 1.90 bits per heavy atom. The fourth-order valence-corrected chi connectivity index (χ4v) is 4.90. The predicted octanol–water partition coefficient (Wildman–Crippen LogP) is 6.04. The van der Waals surface area contributed by atoms with Crippen LogP contribution in [0.25, 0.3) is 22.0 Å². The van der Waals surface area contributed by atoms with Crippen molar-refractivity contribution in [1.82, 2.24) is 19.7 Å². The fraction of sp³-hybridized carbons (Fsp3) is 0.190. The van der Waals surface area contributed by atoms with E-state index in [0.717, 1.165) is 55.9 Å². The van der Waals surface area contributed by atoms with Crippen LogP contribution >= 0.6 is 34.7 Å². The lowest BCUT2D eigenvalue weighted by Crippen LogP contribution is -2.01. The van der Waals surface area contributed by atoms with Crippen molar-refractivity contribution >= 4 is 34.7 Å². The smallest absolute Gasteiger partial charge is 0.191 e. The molecule has 4 aromatic rings. The Morgan fingerprint density at radius 1 is 1.10 bits per heavy atom. The second-order valence-electron chi connectivity index (χ2n) is 6.19. The maximum absolute atomic E-state index is 5.97. The molecule has 0 aliphatic rings. The van der Waals surface area contributed by atoms with E-state index in [-0.39, 0.29) is 0 Å². The van der Waals surface area contributed by atoms with Crippen LogP contribution in [0.3, 0.4) is 0 Å². The van der Waals surface area contributed by atoms with E-state index in [1.807, 2.05) is 48.5 Å². The molecule has 2 heterocycles. The largest absolute Gasteiger partial charge is 0.496 e. The highest BCUT2D eigenvalue weighted by Crippen LogP contribution is 2.32. The molecule has 0 unspecified atom stereocenters. The van der Waals surface area contributed by atoms with Crippen LogP contribution in [-0.4, -0.2) is 26.9 Å². The second-order valence-corrected chi connectivity index (χ2v) is 8.43. The molecule has 5 nitrogen and oxygen atoms in total. The van der Waals surface area contributed by atoms with E-state index in [4.69, 9.17) is 21.3 Å². The van der Waals surface area contributed by atoms with Crippen molar-refractivity contribution in [2.75, 3.05) is 7.11 Å². The number of methoxy groups -OCH3 is 1. The molecule has 148 valence electrons. The van der Waals surface area contributed by atoms with Gasteiger partial charge in [0.15, 0.2) is 11.0 Å². The van der Waals surface area contributed by atoms with Crippen molar-refractivity contribution < 1.29 is 4.74 Å². The maximum atomic E-state index is 5.97. The lowest BCUT2D eigenvalue weighted by atomic mass is 10.2. The van der Waals surface area contributed by atoms with Gasteiger partial charge in [0.25, 0.3) is 0 Å². The van der Waals surface area contributed by atoms with Gasteiger partial charge in [-0.15, -0.1) is 21.5 Å². The molecule has 2 aromatic heterocycles. The molecule has 0 spiro atoms. The number of thioether (sulfide) groups is 1. The van der Waals surface area contributed by atoms with Gasteiger partial charge in [0.2, 0.25) is 0 Å². The van der Waals surface area contributed by atoms with Crippen LogP contribution in [-0.2, 0) is 12.3 Å². The third kappa shape index (κ3) is 4.32. The van der Waals surface area contributed by atoms with Crippen molar-refractivity contribution in [3.8, 4) is 27.7 Å². The van der Waals surface area contributed by atoms with Crippen molar-refractivity contribution in [2.45, 2.75) is 24.4 Å². The van der Waals surface area contributed by atoms with Crippen molar-refractivity contribution in [1.29, 1.82) is 0 Å². The zero-order chi connectivity index (χ0) is 20.2. The number of thiazole rings is 1. The van der Waals surface area contributed by atoms with E-state index < -0.39 is 0 Å². The van der Waals surface area contributed by atoms with Crippen LogP contribution in [0.15, 0.2) is 59.1 Å². The molecule has 4 rings (SSSR count). The summed E-state index contributed by atoms with van der Waals surface area (Å²) in [6.07, 6.45) is 0. The van der Waals surface area contributed by atoms with Gasteiger partial charge in [0.05, 0.1) is 18.4 Å². The predicted molar refractivity (Wildman–Crippen MR) is 120 cm³/mol. The maximum Gasteiger partial charge on any atom is 0.191 e. The highest BCUT2D eigenvalue weighted by Gasteiger charge is 2.17. The SMILES string of the molecule is CCn1c(SCc2csc(-c3ccc(Cl)cc3)n2)nnc1-c1ccccc1OC. The fourth-order valence-electron chi connectivity index (χ4n) is 2.95. The Morgan fingerprint density at radius 3 is 2.66 bits per heavy atom. The number of aromatic nitrogens is 4. The number of benzene rings is 2. The Bertz CT molecular complexity index is 1110. The van der Waals surface area contributed by atoms with Crippen LogP contribution in [0, 0.1) is 0 Å². The number of halogens is 1. The summed E-state index contributed by atoms with van der Waals surface area (Å²) in [5.41, 5.74) is 3.04. The molecular weight excluding hydrogens is 424 g/mol. The summed E-state index contributed by atoms with van der Waals surface area (Å²) in [7, 11) is 1.67. The summed E-state index contributed by atoms with van der Waals surface area (Å²) < 4.78 is 7.59. The molecule has 0 N–H and O–H groups in total. The van der Waals surface area contributed by atoms with Gasteiger partial charge < -0.3 is 9.30 Å². The highest BCUT2D eigenvalue weighted by atomic mass is 35.5. The Balaban J connectivity index is 1.52. The van der Waals surface area contributed by atoms with E-state index in [1.54, 1.807) is 30.2 Å².